The molecule has 1 saturated heterocycles. The molecular formula is C19H21BrN4O2. The van der Waals surface area contributed by atoms with Gasteiger partial charge in [-0.2, -0.15) is 0 Å². The third-order valence-electron chi connectivity index (χ3n) is 4.16. The molecule has 136 valence electrons. The Hall–Kier alpha value is -2.38. The zero-order chi connectivity index (χ0) is 18.4. The Morgan fingerprint density at radius 1 is 0.885 bits per heavy atom. The van der Waals surface area contributed by atoms with Gasteiger partial charge < -0.3 is 15.5 Å². The molecule has 26 heavy (non-hydrogen) atoms. The van der Waals surface area contributed by atoms with Crippen LogP contribution in [0.3, 0.4) is 0 Å². The summed E-state index contributed by atoms with van der Waals surface area (Å²) in [5.41, 5.74) is 1.55. The molecule has 0 bridgehead atoms. The van der Waals surface area contributed by atoms with Crippen molar-refractivity contribution in [1.82, 2.24) is 9.80 Å². The molecule has 0 aliphatic carbocycles. The van der Waals surface area contributed by atoms with Crippen molar-refractivity contribution in [3.8, 4) is 0 Å². The minimum Gasteiger partial charge on any atom is -0.325 e. The highest BCUT2D eigenvalue weighted by atomic mass is 79.9. The van der Waals surface area contributed by atoms with Gasteiger partial charge in [0.15, 0.2) is 0 Å². The number of carbonyl (C=O) groups excluding carboxylic acids is 2. The van der Waals surface area contributed by atoms with Crippen LogP contribution in [0.5, 0.6) is 0 Å². The average molecular weight is 417 g/mol. The smallest absolute Gasteiger partial charge is 0.321 e. The number of hydrogen-bond donors (Lipinski definition) is 2. The molecule has 2 N–H and O–H groups in total. The highest BCUT2D eigenvalue weighted by Gasteiger charge is 2.22. The van der Waals surface area contributed by atoms with E-state index in [2.05, 4.69) is 31.5 Å². The van der Waals surface area contributed by atoms with E-state index in [1.807, 2.05) is 54.6 Å². The molecule has 0 spiro atoms. The summed E-state index contributed by atoms with van der Waals surface area (Å²) in [6.45, 7) is 2.87. The summed E-state index contributed by atoms with van der Waals surface area (Å²) in [6.07, 6.45) is 0. The molecule has 0 atom stereocenters. The number of urea groups is 1. The second-order valence-electron chi connectivity index (χ2n) is 6.12. The summed E-state index contributed by atoms with van der Waals surface area (Å²) in [4.78, 5) is 28.3. The zero-order valence-electron chi connectivity index (χ0n) is 14.3. The Morgan fingerprint density at radius 2 is 1.58 bits per heavy atom. The lowest BCUT2D eigenvalue weighted by molar-refractivity contribution is -0.117. The topological polar surface area (TPSA) is 64.7 Å². The molecule has 0 aromatic heterocycles. The number of carbonyl (C=O) groups is 2. The number of anilines is 2. The Kier molecular flexibility index (Phi) is 6.25. The van der Waals surface area contributed by atoms with Gasteiger partial charge in [-0.25, -0.2) is 4.79 Å². The molecule has 6 nitrogen and oxygen atoms in total. The van der Waals surface area contributed by atoms with Crippen molar-refractivity contribution >= 4 is 39.2 Å². The first kappa shape index (κ1) is 18.4. The van der Waals surface area contributed by atoms with Crippen LogP contribution in [0.2, 0.25) is 0 Å². The van der Waals surface area contributed by atoms with E-state index in [4.69, 9.17) is 0 Å². The fraction of sp³-hybridized carbons (Fsp3) is 0.263. The van der Waals surface area contributed by atoms with Gasteiger partial charge >= 0.3 is 6.03 Å². The fourth-order valence-corrected chi connectivity index (χ4v) is 3.20. The lowest BCUT2D eigenvalue weighted by Gasteiger charge is -2.34. The molecule has 3 amide bonds. The van der Waals surface area contributed by atoms with E-state index in [0.717, 1.165) is 15.8 Å². The highest BCUT2D eigenvalue weighted by molar-refractivity contribution is 9.10. The van der Waals surface area contributed by atoms with Crippen molar-refractivity contribution in [2.45, 2.75) is 0 Å². The number of nitrogens with zero attached hydrogens (tertiary/aromatic N) is 2. The number of benzene rings is 2. The first-order valence-corrected chi connectivity index (χ1v) is 9.28. The second kappa shape index (κ2) is 8.82. The van der Waals surface area contributed by atoms with Gasteiger partial charge in [0.2, 0.25) is 5.91 Å². The van der Waals surface area contributed by atoms with Crippen LogP contribution in [0, 0.1) is 0 Å². The minimum absolute atomic E-state index is 0.0387. The summed E-state index contributed by atoms with van der Waals surface area (Å²) in [7, 11) is 0. The molecule has 1 aliphatic heterocycles. The average Bonchev–Trinajstić information content (AvgIpc) is 2.63. The van der Waals surface area contributed by atoms with Crippen LogP contribution >= 0.6 is 15.9 Å². The van der Waals surface area contributed by atoms with Crippen molar-refractivity contribution in [3.05, 3.63) is 59.1 Å². The van der Waals surface area contributed by atoms with Crippen LogP contribution in [0.1, 0.15) is 0 Å². The predicted octanol–water partition coefficient (Wildman–Crippen LogP) is 3.24. The number of rotatable bonds is 4. The van der Waals surface area contributed by atoms with Gasteiger partial charge in [-0.3, -0.25) is 9.69 Å². The molecule has 2 aromatic carbocycles. The Balaban J connectivity index is 1.43. The van der Waals surface area contributed by atoms with Crippen LogP contribution in [0.25, 0.3) is 0 Å². The highest BCUT2D eigenvalue weighted by Crippen LogP contribution is 2.16. The molecular weight excluding hydrogens is 396 g/mol. The fourth-order valence-electron chi connectivity index (χ4n) is 2.80. The maximum Gasteiger partial charge on any atom is 0.321 e. The Morgan fingerprint density at radius 3 is 2.27 bits per heavy atom. The number of hydrogen-bond acceptors (Lipinski definition) is 3. The van der Waals surface area contributed by atoms with Crippen molar-refractivity contribution in [1.29, 1.82) is 0 Å². The van der Waals surface area contributed by atoms with E-state index in [0.29, 0.717) is 32.7 Å². The summed E-state index contributed by atoms with van der Waals surface area (Å²) in [6, 6.07) is 16.8. The van der Waals surface area contributed by atoms with Crippen LogP contribution in [0.4, 0.5) is 16.2 Å². The van der Waals surface area contributed by atoms with Gasteiger partial charge in [0, 0.05) is 42.0 Å². The van der Waals surface area contributed by atoms with Gasteiger partial charge in [0.25, 0.3) is 0 Å². The quantitative estimate of drug-likeness (QED) is 0.803. The third kappa shape index (κ3) is 5.31. The van der Waals surface area contributed by atoms with Crippen molar-refractivity contribution in [3.63, 3.8) is 0 Å². The van der Waals surface area contributed by atoms with E-state index in [-0.39, 0.29) is 11.9 Å². The largest absolute Gasteiger partial charge is 0.325 e. The SMILES string of the molecule is O=C(CN1CCN(C(=O)Nc2cccc(Br)c2)CC1)Nc1ccccc1. The number of amides is 3. The Bertz CT molecular complexity index is 761. The standard InChI is InChI=1S/C19H21BrN4O2/c20-15-5-4-8-17(13-15)22-19(26)24-11-9-23(10-12-24)14-18(25)21-16-6-2-1-3-7-16/h1-8,13H,9-12,14H2,(H,21,25)(H,22,26). The van der Waals surface area contributed by atoms with Crippen molar-refractivity contribution in [2.75, 3.05) is 43.4 Å². The van der Waals surface area contributed by atoms with Gasteiger partial charge in [0.1, 0.15) is 0 Å². The molecule has 1 fully saturated rings. The van der Waals surface area contributed by atoms with E-state index < -0.39 is 0 Å². The third-order valence-corrected chi connectivity index (χ3v) is 4.65. The molecule has 1 heterocycles. The molecule has 1 aliphatic rings. The zero-order valence-corrected chi connectivity index (χ0v) is 15.9. The molecule has 0 saturated carbocycles. The maximum atomic E-state index is 12.4. The van der Waals surface area contributed by atoms with Crippen LogP contribution in [-0.4, -0.2) is 54.5 Å². The number of halogens is 1. The minimum atomic E-state index is -0.114. The second-order valence-corrected chi connectivity index (χ2v) is 7.03. The van der Waals surface area contributed by atoms with E-state index >= 15 is 0 Å². The number of nitrogens with one attached hydrogen (secondary N) is 2. The lowest BCUT2D eigenvalue weighted by Crippen LogP contribution is -2.51. The van der Waals surface area contributed by atoms with Crippen molar-refractivity contribution < 1.29 is 9.59 Å². The van der Waals surface area contributed by atoms with Gasteiger partial charge in [-0.15, -0.1) is 0 Å². The molecule has 7 heteroatoms. The summed E-state index contributed by atoms with van der Waals surface area (Å²) in [5.74, 6) is -0.0387. The molecule has 3 rings (SSSR count). The summed E-state index contributed by atoms with van der Waals surface area (Å²) in [5, 5.41) is 5.78. The maximum absolute atomic E-state index is 12.4. The van der Waals surface area contributed by atoms with Crippen LogP contribution in [0.15, 0.2) is 59.1 Å². The molecule has 0 radical (unpaired) electrons. The van der Waals surface area contributed by atoms with E-state index in [1.165, 1.54) is 0 Å². The van der Waals surface area contributed by atoms with Crippen molar-refractivity contribution in [2.24, 2.45) is 0 Å². The first-order chi connectivity index (χ1) is 12.6. The Labute approximate surface area is 161 Å². The molecule has 0 unspecified atom stereocenters. The van der Waals surface area contributed by atoms with Crippen LogP contribution in [-0.2, 0) is 4.79 Å². The predicted molar refractivity (Wildman–Crippen MR) is 106 cm³/mol. The van der Waals surface area contributed by atoms with Gasteiger partial charge in [0.05, 0.1) is 6.54 Å². The first-order valence-electron chi connectivity index (χ1n) is 8.49. The van der Waals surface area contributed by atoms with Gasteiger partial charge in [-0.1, -0.05) is 40.2 Å². The summed E-state index contributed by atoms with van der Waals surface area (Å²) < 4.78 is 0.921. The van der Waals surface area contributed by atoms with E-state index in [9.17, 15) is 9.59 Å². The number of para-hydroxylation sites is 1. The number of piperazine rings is 1. The summed E-state index contributed by atoms with van der Waals surface area (Å²) >= 11 is 3.39. The molecule has 2 aromatic rings. The van der Waals surface area contributed by atoms with E-state index in [1.54, 1.807) is 4.90 Å². The van der Waals surface area contributed by atoms with Gasteiger partial charge in [-0.05, 0) is 30.3 Å². The normalized spacial score (nSPS) is 14.7. The monoisotopic (exact) mass is 416 g/mol. The van der Waals surface area contributed by atoms with Crippen LogP contribution < -0.4 is 10.6 Å². The lowest BCUT2D eigenvalue weighted by atomic mass is 10.3.